The molecular formula is C17H25ClN2O4S. The molecule has 140 valence electrons. The lowest BCUT2D eigenvalue weighted by atomic mass is 10.0. The molecule has 1 aliphatic heterocycles. The molecule has 25 heavy (non-hydrogen) atoms. The van der Waals surface area contributed by atoms with Gasteiger partial charge in [0.1, 0.15) is 6.04 Å². The first kappa shape index (κ1) is 20.2. The van der Waals surface area contributed by atoms with Crippen LogP contribution < -0.4 is 4.72 Å². The predicted octanol–water partition coefficient (Wildman–Crippen LogP) is 2.28. The molecule has 0 unspecified atom stereocenters. The van der Waals surface area contributed by atoms with E-state index in [4.69, 9.17) is 16.3 Å². The van der Waals surface area contributed by atoms with Crippen molar-refractivity contribution in [3.8, 4) is 0 Å². The van der Waals surface area contributed by atoms with E-state index in [2.05, 4.69) is 4.72 Å². The maximum atomic E-state index is 12.9. The van der Waals surface area contributed by atoms with Crippen LogP contribution in [0.5, 0.6) is 0 Å². The highest BCUT2D eigenvalue weighted by molar-refractivity contribution is 7.89. The minimum atomic E-state index is -3.82. The summed E-state index contributed by atoms with van der Waals surface area (Å²) >= 11 is 5.81. The van der Waals surface area contributed by atoms with Crippen LogP contribution in [0, 0.1) is 5.92 Å². The number of ether oxygens (including phenoxy) is 1. The zero-order chi connectivity index (χ0) is 18.8. The van der Waals surface area contributed by atoms with Gasteiger partial charge < -0.3 is 9.64 Å². The molecule has 0 radical (unpaired) electrons. The first-order chi connectivity index (χ1) is 11.6. The van der Waals surface area contributed by atoms with Crippen molar-refractivity contribution in [1.82, 2.24) is 9.62 Å². The highest BCUT2D eigenvalue weighted by atomic mass is 35.5. The van der Waals surface area contributed by atoms with Crippen molar-refractivity contribution >= 4 is 27.5 Å². The largest absolute Gasteiger partial charge is 0.372 e. The summed E-state index contributed by atoms with van der Waals surface area (Å²) in [5.41, 5.74) is 0. The van der Waals surface area contributed by atoms with Crippen LogP contribution in [0.2, 0.25) is 5.02 Å². The number of morpholine rings is 1. The molecule has 8 heteroatoms. The van der Waals surface area contributed by atoms with Crippen molar-refractivity contribution in [2.75, 3.05) is 13.1 Å². The zero-order valence-corrected chi connectivity index (χ0v) is 16.5. The number of benzene rings is 1. The van der Waals surface area contributed by atoms with E-state index in [0.29, 0.717) is 18.1 Å². The zero-order valence-electron chi connectivity index (χ0n) is 14.9. The minimum absolute atomic E-state index is 0.0756. The molecule has 1 fully saturated rings. The Kier molecular flexibility index (Phi) is 6.48. The van der Waals surface area contributed by atoms with E-state index in [1.165, 1.54) is 24.3 Å². The van der Waals surface area contributed by atoms with E-state index in [1.807, 2.05) is 27.7 Å². The lowest BCUT2D eigenvalue weighted by Gasteiger charge is -2.38. The van der Waals surface area contributed by atoms with Crippen LogP contribution in [0.1, 0.15) is 27.7 Å². The molecular weight excluding hydrogens is 364 g/mol. The molecule has 0 aliphatic carbocycles. The van der Waals surface area contributed by atoms with Gasteiger partial charge in [-0.05, 0) is 44.0 Å². The third kappa shape index (κ3) is 5.17. The number of carbonyl (C=O) groups is 1. The third-order valence-electron chi connectivity index (χ3n) is 4.07. The molecule has 1 amide bonds. The molecule has 1 aromatic carbocycles. The van der Waals surface area contributed by atoms with Gasteiger partial charge in [0.25, 0.3) is 0 Å². The van der Waals surface area contributed by atoms with Gasteiger partial charge in [0.15, 0.2) is 0 Å². The van der Waals surface area contributed by atoms with Crippen LogP contribution >= 0.6 is 11.6 Å². The average Bonchev–Trinajstić information content (AvgIpc) is 2.51. The fraction of sp³-hybridized carbons (Fsp3) is 0.588. The molecule has 6 nitrogen and oxygen atoms in total. The van der Waals surface area contributed by atoms with Crippen LogP contribution in [0.25, 0.3) is 0 Å². The van der Waals surface area contributed by atoms with E-state index in [9.17, 15) is 13.2 Å². The van der Waals surface area contributed by atoms with E-state index in [0.717, 1.165) is 0 Å². The van der Waals surface area contributed by atoms with Crippen LogP contribution in [-0.2, 0) is 19.6 Å². The molecule has 3 atom stereocenters. The van der Waals surface area contributed by atoms with Gasteiger partial charge in [-0.2, -0.15) is 4.72 Å². The van der Waals surface area contributed by atoms with Gasteiger partial charge in [0.05, 0.1) is 17.1 Å². The number of nitrogens with one attached hydrogen (secondary N) is 1. The van der Waals surface area contributed by atoms with Gasteiger partial charge in [-0.25, -0.2) is 8.42 Å². The molecule has 1 saturated heterocycles. The van der Waals surface area contributed by atoms with Crippen LogP contribution in [0.4, 0.5) is 0 Å². The fourth-order valence-electron chi connectivity index (χ4n) is 2.88. The number of amides is 1. The summed E-state index contributed by atoms with van der Waals surface area (Å²) < 4.78 is 33.4. The van der Waals surface area contributed by atoms with Gasteiger partial charge in [0.2, 0.25) is 15.9 Å². The molecule has 0 aromatic heterocycles. The Bertz CT molecular complexity index is 696. The number of sulfonamides is 1. The molecule has 2 rings (SSSR count). The van der Waals surface area contributed by atoms with Crippen LogP contribution in [0.15, 0.2) is 29.2 Å². The smallest absolute Gasteiger partial charge is 0.241 e. The summed E-state index contributed by atoms with van der Waals surface area (Å²) in [5, 5.41) is 0.451. The van der Waals surface area contributed by atoms with Crippen molar-refractivity contribution in [1.29, 1.82) is 0 Å². The lowest BCUT2D eigenvalue weighted by Crippen LogP contribution is -2.56. The minimum Gasteiger partial charge on any atom is -0.372 e. The number of halogens is 1. The lowest BCUT2D eigenvalue weighted by molar-refractivity contribution is -0.145. The Labute approximate surface area is 154 Å². The Morgan fingerprint density at radius 1 is 1.20 bits per heavy atom. The topological polar surface area (TPSA) is 75.7 Å². The second kappa shape index (κ2) is 8.03. The SMILES string of the molecule is CC(C)[C@H](NS(=O)(=O)c1ccc(Cl)cc1)C(=O)N1C[C@@H](C)O[C@@H](C)C1. The maximum absolute atomic E-state index is 12.9. The third-order valence-corrected chi connectivity index (χ3v) is 5.78. The Balaban J connectivity index is 2.20. The van der Waals surface area contributed by atoms with Gasteiger partial charge in [-0.1, -0.05) is 25.4 Å². The molecule has 1 aliphatic rings. The second-order valence-corrected chi connectivity index (χ2v) is 8.95. The fourth-order valence-corrected chi connectivity index (χ4v) is 4.34. The number of rotatable bonds is 5. The van der Waals surface area contributed by atoms with Crippen molar-refractivity contribution in [2.45, 2.75) is 50.8 Å². The molecule has 1 N–H and O–H groups in total. The summed E-state index contributed by atoms with van der Waals surface area (Å²) in [6, 6.07) is 5.02. The molecule has 1 heterocycles. The summed E-state index contributed by atoms with van der Waals surface area (Å²) in [4.78, 5) is 14.7. The average molecular weight is 389 g/mol. The monoisotopic (exact) mass is 388 g/mol. The van der Waals surface area contributed by atoms with Gasteiger partial charge in [0, 0.05) is 18.1 Å². The Morgan fingerprint density at radius 3 is 2.20 bits per heavy atom. The van der Waals surface area contributed by atoms with Gasteiger partial charge in [-0.3, -0.25) is 4.79 Å². The first-order valence-electron chi connectivity index (χ1n) is 8.32. The summed E-state index contributed by atoms with van der Waals surface area (Å²) in [6.45, 7) is 8.35. The van der Waals surface area contributed by atoms with Gasteiger partial charge >= 0.3 is 0 Å². The van der Waals surface area contributed by atoms with E-state index in [-0.39, 0.29) is 28.9 Å². The van der Waals surface area contributed by atoms with E-state index < -0.39 is 16.1 Å². The van der Waals surface area contributed by atoms with Crippen molar-refractivity contribution in [2.24, 2.45) is 5.92 Å². The van der Waals surface area contributed by atoms with Crippen molar-refractivity contribution < 1.29 is 17.9 Å². The van der Waals surface area contributed by atoms with Crippen molar-refractivity contribution in [3.05, 3.63) is 29.3 Å². The highest BCUT2D eigenvalue weighted by Crippen LogP contribution is 2.18. The molecule has 0 spiro atoms. The molecule has 0 saturated carbocycles. The summed E-state index contributed by atoms with van der Waals surface area (Å²) in [6.07, 6.45) is -0.151. The van der Waals surface area contributed by atoms with Crippen molar-refractivity contribution in [3.63, 3.8) is 0 Å². The normalized spacial score (nSPS) is 22.9. The maximum Gasteiger partial charge on any atom is 0.241 e. The second-order valence-electron chi connectivity index (χ2n) is 6.80. The number of nitrogens with zero attached hydrogens (tertiary/aromatic N) is 1. The van der Waals surface area contributed by atoms with E-state index >= 15 is 0 Å². The highest BCUT2D eigenvalue weighted by Gasteiger charge is 2.34. The Hall–Kier alpha value is -1.15. The number of hydrogen-bond donors (Lipinski definition) is 1. The summed E-state index contributed by atoms with van der Waals surface area (Å²) in [5.74, 6) is -0.419. The number of carbonyl (C=O) groups excluding carboxylic acids is 1. The number of hydrogen-bond acceptors (Lipinski definition) is 4. The quantitative estimate of drug-likeness (QED) is 0.839. The predicted molar refractivity (Wildman–Crippen MR) is 97.0 cm³/mol. The molecule has 1 aromatic rings. The molecule has 0 bridgehead atoms. The van der Waals surface area contributed by atoms with Crippen LogP contribution in [-0.4, -0.2) is 50.6 Å². The van der Waals surface area contributed by atoms with Crippen LogP contribution in [0.3, 0.4) is 0 Å². The first-order valence-corrected chi connectivity index (χ1v) is 10.2. The van der Waals surface area contributed by atoms with E-state index in [1.54, 1.807) is 4.90 Å². The van der Waals surface area contributed by atoms with Gasteiger partial charge in [-0.15, -0.1) is 0 Å². The standard InChI is InChI=1S/C17H25ClN2O4S/c1-11(2)16(17(21)20-9-12(3)24-13(4)10-20)19-25(22,23)15-7-5-14(18)6-8-15/h5-8,11-13,16,19H,9-10H2,1-4H3/t12-,13+,16-/m0/s1. The summed E-state index contributed by atoms with van der Waals surface area (Å²) in [7, 11) is -3.82. The Morgan fingerprint density at radius 2 is 1.72 bits per heavy atom.